The van der Waals surface area contributed by atoms with E-state index in [2.05, 4.69) is 31.4 Å². The maximum Gasteiger partial charge on any atom is 0.286 e. The van der Waals surface area contributed by atoms with Gasteiger partial charge >= 0.3 is 0 Å². The highest BCUT2D eigenvalue weighted by molar-refractivity contribution is 9.10. The molecule has 2 aromatic rings. The third-order valence-electron chi connectivity index (χ3n) is 1.88. The van der Waals surface area contributed by atoms with E-state index in [4.69, 9.17) is 17.3 Å². The van der Waals surface area contributed by atoms with Gasteiger partial charge in [-0.05, 0) is 28.1 Å². The van der Waals surface area contributed by atoms with Crippen molar-refractivity contribution in [3.8, 4) is 0 Å². The first-order valence-electron chi connectivity index (χ1n) is 4.52. The number of amides is 1. The van der Waals surface area contributed by atoms with E-state index in [9.17, 15) is 9.18 Å². The van der Waals surface area contributed by atoms with Gasteiger partial charge in [-0.15, -0.1) is 10.2 Å². The van der Waals surface area contributed by atoms with Crippen molar-refractivity contribution in [3.05, 3.63) is 32.5 Å². The van der Waals surface area contributed by atoms with Crippen LogP contribution in [0.5, 0.6) is 0 Å². The smallest absolute Gasteiger partial charge is 0.286 e. The van der Waals surface area contributed by atoms with Crippen LogP contribution in [0.3, 0.4) is 0 Å². The van der Waals surface area contributed by atoms with Crippen LogP contribution in [0.2, 0.25) is 5.02 Å². The molecule has 0 spiro atoms. The molecule has 9 heteroatoms. The number of carbonyl (C=O) groups excluding carboxylic acids is 1. The summed E-state index contributed by atoms with van der Waals surface area (Å²) in [5.41, 5.74) is 5.63. The first-order valence-corrected chi connectivity index (χ1v) is 6.51. The third-order valence-corrected chi connectivity index (χ3v) is 3.55. The van der Waals surface area contributed by atoms with Crippen molar-refractivity contribution in [3.63, 3.8) is 0 Å². The van der Waals surface area contributed by atoms with Crippen LogP contribution in [0.25, 0.3) is 0 Å². The molecule has 1 heterocycles. The lowest BCUT2D eigenvalue weighted by Gasteiger charge is -2.07. The highest BCUT2D eigenvalue weighted by atomic mass is 79.9. The predicted octanol–water partition coefficient (Wildman–Crippen LogP) is 2.93. The Balaban J connectivity index is 2.27. The standard InChI is InChI=1S/C9H5BrClFN4OS/c10-4-1-3(12)2-5(11)6(4)14-7(17)8-15-16-9(13)18-8/h1-2H,(H2,13,16)(H,14,17). The first kappa shape index (κ1) is 13.2. The minimum atomic E-state index is -0.515. The minimum Gasteiger partial charge on any atom is -0.374 e. The van der Waals surface area contributed by atoms with Gasteiger partial charge in [0, 0.05) is 4.47 Å². The van der Waals surface area contributed by atoms with Gasteiger partial charge in [-0.1, -0.05) is 22.9 Å². The van der Waals surface area contributed by atoms with Gasteiger partial charge in [0.05, 0.1) is 10.7 Å². The van der Waals surface area contributed by atoms with Crippen molar-refractivity contribution in [1.82, 2.24) is 10.2 Å². The van der Waals surface area contributed by atoms with Gasteiger partial charge in [-0.3, -0.25) is 4.79 Å². The zero-order chi connectivity index (χ0) is 13.3. The number of hydrogen-bond donors (Lipinski definition) is 2. The fourth-order valence-electron chi connectivity index (χ4n) is 1.15. The maximum atomic E-state index is 13.0. The molecule has 0 saturated heterocycles. The highest BCUT2D eigenvalue weighted by Crippen LogP contribution is 2.32. The molecule has 1 amide bonds. The second-order valence-corrected chi connectivity index (χ2v) is 5.41. The Labute approximate surface area is 118 Å². The van der Waals surface area contributed by atoms with E-state index < -0.39 is 11.7 Å². The molecular formula is C9H5BrClFN4OS. The van der Waals surface area contributed by atoms with Gasteiger partial charge in [-0.25, -0.2) is 4.39 Å². The number of nitrogen functional groups attached to an aromatic ring is 1. The van der Waals surface area contributed by atoms with E-state index in [1.54, 1.807) is 0 Å². The van der Waals surface area contributed by atoms with Crippen molar-refractivity contribution < 1.29 is 9.18 Å². The normalized spacial score (nSPS) is 10.4. The lowest BCUT2D eigenvalue weighted by atomic mass is 10.3. The average molecular weight is 352 g/mol. The van der Waals surface area contributed by atoms with Crippen molar-refractivity contribution in [2.75, 3.05) is 11.1 Å². The van der Waals surface area contributed by atoms with Gasteiger partial charge in [0.2, 0.25) is 10.1 Å². The number of rotatable bonds is 2. The van der Waals surface area contributed by atoms with Gasteiger partial charge in [0.1, 0.15) is 5.82 Å². The molecule has 0 unspecified atom stereocenters. The van der Waals surface area contributed by atoms with Crippen LogP contribution in [0.4, 0.5) is 15.2 Å². The second kappa shape index (κ2) is 5.17. The fraction of sp³-hybridized carbons (Fsp3) is 0. The SMILES string of the molecule is Nc1nnc(C(=O)Nc2c(Cl)cc(F)cc2Br)s1. The first-order chi connectivity index (χ1) is 8.47. The molecule has 0 aliphatic carbocycles. The zero-order valence-corrected chi connectivity index (χ0v) is 11.7. The highest BCUT2D eigenvalue weighted by Gasteiger charge is 2.16. The Bertz CT molecular complexity index is 597. The van der Waals surface area contributed by atoms with E-state index >= 15 is 0 Å². The summed E-state index contributed by atoms with van der Waals surface area (Å²) in [6, 6.07) is 2.28. The van der Waals surface area contributed by atoms with E-state index in [1.807, 2.05) is 0 Å². The number of halogens is 3. The van der Waals surface area contributed by atoms with E-state index in [0.717, 1.165) is 17.4 Å². The monoisotopic (exact) mass is 350 g/mol. The van der Waals surface area contributed by atoms with Gasteiger partial charge in [-0.2, -0.15) is 0 Å². The van der Waals surface area contributed by atoms with Crippen molar-refractivity contribution >= 4 is 55.6 Å². The molecule has 0 atom stereocenters. The predicted molar refractivity (Wildman–Crippen MR) is 71.4 cm³/mol. The van der Waals surface area contributed by atoms with Crippen LogP contribution < -0.4 is 11.1 Å². The van der Waals surface area contributed by atoms with Crippen LogP contribution in [-0.2, 0) is 0 Å². The van der Waals surface area contributed by atoms with E-state index in [1.165, 1.54) is 6.07 Å². The van der Waals surface area contributed by atoms with Gasteiger partial charge in [0.25, 0.3) is 5.91 Å². The molecule has 0 bridgehead atoms. The topological polar surface area (TPSA) is 80.9 Å². The van der Waals surface area contributed by atoms with Crippen LogP contribution in [0.1, 0.15) is 9.80 Å². The quantitative estimate of drug-likeness (QED) is 0.871. The maximum absolute atomic E-state index is 13.0. The molecule has 0 fully saturated rings. The lowest BCUT2D eigenvalue weighted by molar-refractivity contribution is 0.102. The third kappa shape index (κ3) is 2.77. The Morgan fingerprint density at radius 2 is 2.22 bits per heavy atom. The summed E-state index contributed by atoms with van der Waals surface area (Å²) in [5, 5.41) is 9.97. The van der Waals surface area contributed by atoms with Crippen LogP contribution >= 0.6 is 38.9 Å². The number of aromatic nitrogens is 2. The largest absolute Gasteiger partial charge is 0.374 e. The Hall–Kier alpha value is -1.25. The van der Waals surface area contributed by atoms with Crippen molar-refractivity contribution in [1.29, 1.82) is 0 Å². The fourth-order valence-corrected chi connectivity index (χ4v) is 2.56. The molecule has 0 radical (unpaired) electrons. The van der Waals surface area contributed by atoms with Gasteiger partial charge < -0.3 is 11.1 Å². The minimum absolute atomic E-state index is 0.0766. The molecule has 2 rings (SSSR count). The summed E-state index contributed by atoms with van der Waals surface area (Å²) in [6.07, 6.45) is 0. The van der Waals surface area contributed by atoms with Crippen LogP contribution in [0, 0.1) is 5.82 Å². The molecular weight excluding hydrogens is 347 g/mol. The number of nitrogens with one attached hydrogen (secondary N) is 1. The lowest BCUT2D eigenvalue weighted by Crippen LogP contribution is -2.12. The number of nitrogens with zero attached hydrogens (tertiary/aromatic N) is 2. The molecule has 0 saturated carbocycles. The van der Waals surface area contributed by atoms with Crippen LogP contribution in [0.15, 0.2) is 16.6 Å². The second-order valence-electron chi connectivity index (χ2n) is 3.14. The Morgan fingerprint density at radius 3 is 2.78 bits per heavy atom. The average Bonchev–Trinajstić information content (AvgIpc) is 2.70. The summed E-state index contributed by atoms with van der Waals surface area (Å²) in [7, 11) is 0. The summed E-state index contributed by atoms with van der Waals surface area (Å²) >= 11 is 9.88. The molecule has 3 N–H and O–H groups in total. The van der Waals surface area contributed by atoms with Crippen molar-refractivity contribution in [2.24, 2.45) is 0 Å². The molecule has 0 aliphatic rings. The molecule has 18 heavy (non-hydrogen) atoms. The Morgan fingerprint density at radius 1 is 1.50 bits per heavy atom. The molecule has 94 valence electrons. The van der Waals surface area contributed by atoms with E-state index in [-0.39, 0.29) is 20.8 Å². The summed E-state index contributed by atoms with van der Waals surface area (Å²) in [6.45, 7) is 0. The van der Waals surface area contributed by atoms with Crippen LogP contribution in [-0.4, -0.2) is 16.1 Å². The number of hydrogen-bond acceptors (Lipinski definition) is 5. The number of anilines is 2. The van der Waals surface area contributed by atoms with Crippen molar-refractivity contribution in [2.45, 2.75) is 0 Å². The number of carbonyl (C=O) groups is 1. The molecule has 1 aromatic heterocycles. The molecule has 5 nitrogen and oxygen atoms in total. The van der Waals surface area contributed by atoms with Gasteiger partial charge in [0.15, 0.2) is 0 Å². The van der Waals surface area contributed by atoms with E-state index in [0.29, 0.717) is 4.47 Å². The Kier molecular flexibility index (Phi) is 3.79. The molecule has 1 aromatic carbocycles. The molecule has 0 aliphatic heterocycles. The zero-order valence-electron chi connectivity index (χ0n) is 8.58. The summed E-state index contributed by atoms with van der Waals surface area (Å²) < 4.78 is 13.3. The summed E-state index contributed by atoms with van der Waals surface area (Å²) in [5.74, 6) is -1.02. The number of nitrogens with two attached hydrogens (primary N) is 1. The number of benzene rings is 1. The summed E-state index contributed by atoms with van der Waals surface area (Å²) in [4.78, 5) is 11.8.